The molecule has 1 aliphatic rings. The highest BCUT2D eigenvalue weighted by molar-refractivity contribution is 7.99. The highest BCUT2D eigenvalue weighted by Crippen LogP contribution is 2.19. The van der Waals surface area contributed by atoms with Crippen molar-refractivity contribution in [3.63, 3.8) is 0 Å². The van der Waals surface area contributed by atoms with Gasteiger partial charge >= 0.3 is 5.97 Å². The first-order chi connectivity index (χ1) is 7.02. The van der Waals surface area contributed by atoms with Crippen molar-refractivity contribution in [3.8, 4) is 0 Å². The molecule has 0 spiro atoms. The third-order valence-corrected chi connectivity index (χ3v) is 3.68. The minimum absolute atomic E-state index is 0.365. The standard InChI is InChI=1S/C10H19NO3S/c1-10(11,9(12)13)4-6-15-7-8-3-2-5-14-8/h8H,2-7,11H2,1H3,(H,12,13). The Labute approximate surface area is 94.6 Å². The monoisotopic (exact) mass is 233 g/mol. The predicted octanol–water partition coefficient (Wildman–Crippen LogP) is 1.09. The highest BCUT2D eigenvalue weighted by atomic mass is 32.2. The van der Waals surface area contributed by atoms with Gasteiger partial charge in [0.1, 0.15) is 5.54 Å². The number of aliphatic carboxylic acids is 1. The molecular formula is C10H19NO3S. The van der Waals surface area contributed by atoms with Gasteiger partial charge in [0.15, 0.2) is 0 Å². The van der Waals surface area contributed by atoms with Gasteiger partial charge < -0.3 is 15.6 Å². The molecule has 1 heterocycles. The Morgan fingerprint density at radius 3 is 3.00 bits per heavy atom. The summed E-state index contributed by atoms with van der Waals surface area (Å²) in [6, 6.07) is 0. The second kappa shape index (κ2) is 5.72. The fraction of sp³-hybridized carbons (Fsp3) is 0.900. The number of carbonyl (C=O) groups is 1. The van der Waals surface area contributed by atoms with Crippen molar-refractivity contribution in [2.24, 2.45) is 5.73 Å². The summed E-state index contributed by atoms with van der Waals surface area (Å²) in [6.45, 7) is 2.43. The minimum Gasteiger partial charge on any atom is -0.480 e. The number of carboxylic acids is 1. The lowest BCUT2D eigenvalue weighted by Crippen LogP contribution is -2.45. The van der Waals surface area contributed by atoms with Crippen molar-refractivity contribution in [1.29, 1.82) is 0 Å². The van der Waals surface area contributed by atoms with Crippen LogP contribution in [-0.2, 0) is 9.53 Å². The van der Waals surface area contributed by atoms with Gasteiger partial charge in [-0.3, -0.25) is 4.79 Å². The average Bonchev–Trinajstić information content (AvgIpc) is 2.64. The predicted molar refractivity (Wildman–Crippen MR) is 61.1 cm³/mol. The minimum atomic E-state index is -1.09. The highest BCUT2D eigenvalue weighted by Gasteiger charge is 2.27. The maximum Gasteiger partial charge on any atom is 0.323 e. The van der Waals surface area contributed by atoms with E-state index in [-0.39, 0.29) is 0 Å². The van der Waals surface area contributed by atoms with Gasteiger partial charge in [-0.05, 0) is 31.9 Å². The third kappa shape index (κ3) is 4.40. The van der Waals surface area contributed by atoms with Crippen LogP contribution in [0.1, 0.15) is 26.2 Å². The van der Waals surface area contributed by atoms with Crippen molar-refractivity contribution >= 4 is 17.7 Å². The SMILES string of the molecule is CC(N)(CCSCC1CCCO1)C(=O)O. The average molecular weight is 233 g/mol. The molecule has 0 aromatic heterocycles. The summed E-state index contributed by atoms with van der Waals surface area (Å²) in [5.41, 5.74) is 4.52. The molecule has 1 aliphatic heterocycles. The topological polar surface area (TPSA) is 72.5 Å². The van der Waals surface area contributed by atoms with E-state index in [9.17, 15) is 4.79 Å². The van der Waals surface area contributed by atoms with E-state index in [4.69, 9.17) is 15.6 Å². The van der Waals surface area contributed by atoms with Crippen LogP contribution >= 0.6 is 11.8 Å². The molecular weight excluding hydrogens is 214 g/mol. The summed E-state index contributed by atoms with van der Waals surface area (Å²) in [7, 11) is 0. The van der Waals surface area contributed by atoms with Crippen LogP contribution in [0.3, 0.4) is 0 Å². The number of rotatable bonds is 6. The van der Waals surface area contributed by atoms with Gasteiger partial charge in [-0.1, -0.05) is 0 Å². The number of thioether (sulfide) groups is 1. The maximum absolute atomic E-state index is 10.7. The third-order valence-electron chi connectivity index (χ3n) is 2.58. The van der Waals surface area contributed by atoms with E-state index in [0.29, 0.717) is 12.5 Å². The molecule has 0 amide bonds. The Kier molecular flexibility index (Phi) is 4.89. The van der Waals surface area contributed by atoms with Gasteiger partial charge in [-0.25, -0.2) is 0 Å². The lowest BCUT2D eigenvalue weighted by atomic mass is 10.0. The molecule has 1 saturated heterocycles. The van der Waals surface area contributed by atoms with Crippen LogP contribution in [0.4, 0.5) is 0 Å². The Morgan fingerprint density at radius 2 is 2.47 bits per heavy atom. The zero-order valence-electron chi connectivity index (χ0n) is 9.07. The van der Waals surface area contributed by atoms with Crippen LogP contribution in [0, 0.1) is 0 Å². The summed E-state index contributed by atoms with van der Waals surface area (Å²) in [5.74, 6) is 0.801. The van der Waals surface area contributed by atoms with Gasteiger partial charge in [-0.2, -0.15) is 11.8 Å². The Bertz CT molecular complexity index is 215. The fourth-order valence-electron chi connectivity index (χ4n) is 1.38. The van der Waals surface area contributed by atoms with Crippen LogP contribution < -0.4 is 5.73 Å². The summed E-state index contributed by atoms with van der Waals surface area (Å²) < 4.78 is 5.46. The molecule has 0 aromatic carbocycles. The zero-order chi connectivity index (χ0) is 11.3. The molecule has 0 aromatic rings. The molecule has 1 fully saturated rings. The molecule has 2 atom stereocenters. The molecule has 1 rings (SSSR count). The van der Waals surface area contributed by atoms with E-state index in [2.05, 4.69) is 0 Å². The van der Waals surface area contributed by atoms with Crippen molar-refractivity contribution in [3.05, 3.63) is 0 Å². The van der Waals surface area contributed by atoms with Crippen LogP contribution in [0.5, 0.6) is 0 Å². The van der Waals surface area contributed by atoms with Crippen molar-refractivity contribution in [2.75, 3.05) is 18.1 Å². The Morgan fingerprint density at radius 1 is 1.73 bits per heavy atom. The molecule has 3 N–H and O–H groups in total. The van der Waals surface area contributed by atoms with Crippen LogP contribution in [-0.4, -0.2) is 40.8 Å². The molecule has 15 heavy (non-hydrogen) atoms. The Hall–Kier alpha value is -0.260. The van der Waals surface area contributed by atoms with Gasteiger partial charge in [0.05, 0.1) is 6.10 Å². The molecule has 0 radical (unpaired) electrons. The normalized spacial score (nSPS) is 25.1. The fourth-order valence-corrected chi connectivity index (χ4v) is 2.64. The summed E-state index contributed by atoms with van der Waals surface area (Å²) >= 11 is 1.73. The second-order valence-electron chi connectivity index (χ2n) is 4.18. The van der Waals surface area contributed by atoms with Crippen molar-refractivity contribution < 1.29 is 14.6 Å². The van der Waals surface area contributed by atoms with E-state index in [1.165, 1.54) is 0 Å². The molecule has 88 valence electrons. The van der Waals surface area contributed by atoms with E-state index in [0.717, 1.165) is 31.0 Å². The summed E-state index contributed by atoms with van der Waals surface area (Å²) in [5, 5.41) is 8.79. The number of hydrogen-bond donors (Lipinski definition) is 2. The summed E-state index contributed by atoms with van der Waals surface area (Å²) in [6.07, 6.45) is 3.14. The molecule has 4 nitrogen and oxygen atoms in total. The number of nitrogens with two attached hydrogens (primary N) is 1. The van der Waals surface area contributed by atoms with E-state index >= 15 is 0 Å². The first-order valence-electron chi connectivity index (χ1n) is 5.24. The van der Waals surface area contributed by atoms with Crippen LogP contribution in [0.25, 0.3) is 0 Å². The van der Waals surface area contributed by atoms with E-state index in [1.807, 2.05) is 0 Å². The Balaban J connectivity index is 2.08. The van der Waals surface area contributed by atoms with Crippen molar-refractivity contribution in [2.45, 2.75) is 37.8 Å². The number of hydrogen-bond acceptors (Lipinski definition) is 4. The van der Waals surface area contributed by atoms with Crippen molar-refractivity contribution in [1.82, 2.24) is 0 Å². The first-order valence-corrected chi connectivity index (χ1v) is 6.39. The number of ether oxygens (including phenoxy) is 1. The maximum atomic E-state index is 10.7. The van der Waals surface area contributed by atoms with Gasteiger partial charge in [-0.15, -0.1) is 0 Å². The largest absolute Gasteiger partial charge is 0.480 e. The van der Waals surface area contributed by atoms with Gasteiger partial charge in [0, 0.05) is 12.4 Å². The molecule has 0 bridgehead atoms. The number of carboxylic acid groups (broad SMARTS) is 1. The molecule has 0 aliphatic carbocycles. The molecule has 0 saturated carbocycles. The smallest absolute Gasteiger partial charge is 0.323 e. The zero-order valence-corrected chi connectivity index (χ0v) is 9.89. The first kappa shape index (κ1) is 12.8. The second-order valence-corrected chi connectivity index (χ2v) is 5.33. The lowest BCUT2D eigenvalue weighted by molar-refractivity contribution is -0.142. The molecule has 2 unspecified atom stereocenters. The summed E-state index contributed by atoms with van der Waals surface area (Å²) in [4.78, 5) is 10.7. The van der Waals surface area contributed by atoms with E-state index < -0.39 is 11.5 Å². The van der Waals surface area contributed by atoms with Gasteiger partial charge in [0.2, 0.25) is 0 Å². The lowest BCUT2D eigenvalue weighted by Gasteiger charge is -2.18. The molecule has 5 heteroatoms. The van der Waals surface area contributed by atoms with Crippen LogP contribution in [0.15, 0.2) is 0 Å². The van der Waals surface area contributed by atoms with E-state index in [1.54, 1.807) is 18.7 Å². The van der Waals surface area contributed by atoms with Crippen LogP contribution in [0.2, 0.25) is 0 Å². The quantitative estimate of drug-likeness (QED) is 0.672. The van der Waals surface area contributed by atoms with Gasteiger partial charge in [0.25, 0.3) is 0 Å².